The maximum atomic E-state index is 12.8. The molecule has 0 atom stereocenters. The fraction of sp³-hybridized carbons (Fsp3) is 0.400. The van der Waals surface area contributed by atoms with Crippen molar-refractivity contribution >= 4 is 33.0 Å². The quantitative estimate of drug-likeness (QED) is 0.806. The molecule has 0 unspecified atom stereocenters. The molecule has 0 aliphatic rings. The van der Waals surface area contributed by atoms with Crippen LogP contribution < -0.4 is 0 Å². The van der Waals surface area contributed by atoms with Gasteiger partial charge in [0.15, 0.2) is 5.03 Å². The predicted octanol–water partition coefficient (Wildman–Crippen LogP) is 1.55. The standard InChI is InChI=1S/C5H5Cl2FN2O2S/c1-3-2-4(10-9-3)13(11,12)5(6,7)8/h2H,1H3,(H,9,10). The number of alkyl halides is 3. The summed E-state index contributed by atoms with van der Waals surface area (Å²) in [4.78, 5) is 0. The van der Waals surface area contributed by atoms with E-state index in [4.69, 9.17) is 23.2 Å². The number of sulfone groups is 1. The van der Waals surface area contributed by atoms with Crippen molar-refractivity contribution in [2.75, 3.05) is 0 Å². The van der Waals surface area contributed by atoms with Gasteiger partial charge in [0, 0.05) is 5.69 Å². The van der Waals surface area contributed by atoms with E-state index in [1.54, 1.807) is 6.92 Å². The average Bonchev–Trinajstić information content (AvgIpc) is 2.33. The normalized spacial score (nSPS) is 13.2. The van der Waals surface area contributed by atoms with Crippen molar-refractivity contribution in [2.45, 2.75) is 15.9 Å². The molecule has 0 aliphatic carbocycles. The fourth-order valence-electron chi connectivity index (χ4n) is 0.649. The Morgan fingerprint density at radius 2 is 2.15 bits per heavy atom. The van der Waals surface area contributed by atoms with E-state index in [0.29, 0.717) is 5.69 Å². The van der Waals surface area contributed by atoms with Crippen LogP contribution in [0.3, 0.4) is 0 Å². The fourth-order valence-corrected chi connectivity index (χ4v) is 1.86. The van der Waals surface area contributed by atoms with Gasteiger partial charge in [0.2, 0.25) is 0 Å². The van der Waals surface area contributed by atoms with Crippen LogP contribution in [0, 0.1) is 6.92 Å². The number of aryl methyl sites for hydroxylation is 1. The Balaban J connectivity index is 3.24. The number of rotatable bonds is 2. The Morgan fingerprint density at radius 1 is 1.62 bits per heavy atom. The molecule has 13 heavy (non-hydrogen) atoms. The van der Waals surface area contributed by atoms with Crippen molar-refractivity contribution in [3.05, 3.63) is 11.8 Å². The Morgan fingerprint density at radius 3 is 2.46 bits per heavy atom. The molecule has 1 aromatic heterocycles. The second kappa shape index (κ2) is 3.11. The molecular weight excluding hydrogens is 242 g/mol. The van der Waals surface area contributed by atoms with Crippen molar-refractivity contribution in [3.63, 3.8) is 0 Å². The molecule has 0 radical (unpaired) electrons. The van der Waals surface area contributed by atoms with Crippen LogP contribution in [-0.4, -0.2) is 22.5 Å². The minimum atomic E-state index is -4.43. The van der Waals surface area contributed by atoms with E-state index in [9.17, 15) is 12.8 Å². The zero-order chi connectivity index (χ0) is 10.3. The second-order valence-corrected chi connectivity index (χ2v) is 6.01. The molecule has 0 bridgehead atoms. The SMILES string of the molecule is Cc1cc(S(=O)(=O)C(F)(Cl)Cl)n[nH]1. The van der Waals surface area contributed by atoms with Gasteiger partial charge in [-0.1, -0.05) is 0 Å². The number of aromatic amines is 1. The molecular formula is C5H5Cl2FN2O2S. The van der Waals surface area contributed by atoms with Crippen LogP contribution in [0.5, 0.6) is 0 Å². The van der Waals surface area contributed by atoms with E-state index in [-0.39, 0.29) is 0 Å². The van der Waals surface area contributed by atoms with Crippen molar-refractivity contribution in [1.29, 1.82) is 0 Å². The van der Waals surface area contributed by atoms with Crippen LogP contribution in [0.4, 0.5) is 4.39 Å². The summed E-state index contributed by atoms with van der Waals surface area (Å²) >= 11 is 9.65. The molecule has 0 aliphatic heterocycles. The van der Waals surface area contributed by atoms with E-state index >= 15 is 0 Å². The Hall–Kier alpha value is -0.330. The van der Waals surface area contributed by atoms with Crippen LogP contribution in [0.25, 0.3) is 0 Å². The highest BCUT2D eigenvalue weighted by Gasteiger charge is 2.43. The molecule has 74 valence electrons. The summed E-state index contributed by atoms with van der Waals surface area (Å²) in [6, 6.07) is 1.13. The van der Waals surface area contributed by atoms with Gasteiger partial charge in [0.25, 0.3) is 9.84 Å². The van der Waals surface area contributed by atoms with Gasteiger partial charge in [-0.3, -0.25) is 5.10 Å². The van der Waals surface area contributed by atoms with Gasteiger partial charge in [-0.15, -0.1) is 0 Å². The summed E-state index contributed by atoms with van der Waals surface area (Å²) in [5, 5.41) is 5.15. The average molecular weight is 247 g/mol. The van der Waals surface area contributed by atoms with E-state index in [0.717, 1.165) is 6.07 Å². The maximum absolute atomic E-state index is 12.8. The lowest BCUT2D eigenvalue weighted by Gasteiger charge is -2.06. The molecule has 8 heteroatoms. The molecule has 0 amide bonds. The summed E-state index contributed by atoms with van der Waals surface area (Å²) in [6.45, 7) is 1.56. The molecule has 1 N–H and O–H groups in total. The van der Waals surface area contributed by atoms with E-state index < -0.39 is 18.8 Å². The van der Waals surface area contributed by atoms with Crippen LogP contribution in [0.2, 0.25) is 0 Å². The third kappa shape index (κ3) is 1.95. The zero-order valence-electron chi connectivity index (χ0n) is 6.38. The first-order chi connectivity index (χ1) is 5.75. The molecule has 1 rings (SSSR count). The van der Waals surface area contributed by atoms with Gasteiger partial charge in [-0.05, 0) is 36.2 Å². The summed E-state index contributed by atoms with van der Waals surface area (Å²) in [7, 11) is -4.43. The Labute approximate surface area is 84.0 Å². The lowest BCUT2D eigenvalue weighted by molar-refractivity contribution is 0.467. The van der Waals surface area contributed by atoms with Crippen molar-refractivity contribution in [2.24, 2.45) is 0 Å². The number of nitrogens with one attached hydrogen (secondary N) is 1. The number of halogens is 3. The number of hydrogen-bond acceptors (Lipinski definition) is 3. The zero-order valence-corrected chi connectivity index (χ0v) is 8.71. The lowest BCUT2D eigenvalue weighted by Crippen LogP contribution is -2.21. The number of aromatic nitrogens is 2. The summed E-state index contributed by atoms with van der Waals surface area (Å²) in [6.07, 6.45) is 0. The van der Waals surface area contributed by atoms with Crippen molar-refractivity contribution in [1.82, 2.24) is 10.2 Å². The maximum Gasteiger partial charge on any atom is 0.364 e. The molecule has 0 saturated carbocycles. The van der Waals surface area contributed by atoms with Crippen molar-refractivity contribution < 1.29 is 12.8 Å². The summed E-state index contributed by atoms with van der Waals surface area (Å²) < 4.78 is 31.7. The lowest BCUT2D eigenvalue weighted by atomic mass is 10.5. The topological polar surface area (TPSA) is 62.8 Å². The highest BCUT2D eigenvalue weighted by molar-refractivity contribution is 7.95. The number of hydrogen-bond donors (Lipinski definition) is 1. The molecule has 0 aromatic carbocycles. The third-order valence-electron chi connectivity index (χ3n) is 1.26. The number of nitrogens with zero attached hydrogens (tertiary/aromatic N) is 1. The largest absolute Gasteiger partial charge is 0.364 e. The molecule has 4 nitrogen and oxygen atoms in total. The molecule has 0 saturated heterocycles. The van der Waals surface area contributed by atoms with Gasteiger partial charge < -0.3 is 0 Å². The van der Waals surface area contributed by atoms with Crippen LogP contribution in [-0.2, 0) is 9.84 Å². The smallest absolute Gasteiger partial charge is 0.282 e. The van der Waals surface area contributed by atoms with Crippen molar-refractivity contribution in [3.8, 4) is 0 Å². The molecule has 1 heterocycles. The monoisotopic (exact) mass is 246 g/mol. The Kier molecular flexibility index (Phi) is 2.57. The van der Waals surface area contributed by atoms with E-state index in [2.05, 4.69) is 10.2 Å². The Bertz CT molecular complexity index is 408. The highest BCUT2D eigenvalue weighted by Crippen LogP contribution is 2.34. The minimum absolute atomic E-state index is 0.469. The van der Waals surface area contributed by atoms with E-state index in [1.165, 1.54) is 0 Å². The van der Waals surface area contributed by atoms with Crippen LogP contribution in [0.15, 0.2) is 11.1 Å². The summed E-state index contributed by atoms with van der Waals surface area (Å²) in [5.41, 5.74) is 0.469. The minimum Gasteiger partial charge on any atom is -0.282 e. The first-order valence-corrected chi connectivity index (χ1v) is 5.32. The molecule has 1 aromatic rings. The van der Waals surface area contributed by atoms with Gasteiger partial charge in [0.1, 0.15) is 0 Å². The van der Waals surface area contributed by atoms with E-state index in [1.807, 2.05) is 0 Å². The third-order valence-corrected chi connectivity index (χ3v) is 3.85. The van der Waals surface area contributed by atoms with Crippen LogP contribution >= 0.6 is 23.2 Å². The number of H-pyrrole nitrogens is 1. The van der Waals surface area contributed by atoms with Gasteiger partial charge in [-0.25, -0.2) is 8.42 Å². The second-order valence-electron chi connectivity index (χ2n) is 2.34. The first-order valence-electron chi connectivity index (χ1n) is 3.08. The molecule has 0 spiro atoms. The highest BCUT2D eigenvalue weighted by atomic mass is 35.5. The summed E-state index contributed by atoms with van der Waals surface area (Å²) in [5.74, 6) is 0. The predicted molar refractivity (Wildman–Crippen MR) is 46.1 cm³/mol. The van der Waals surface area contributed by atoms with Gasteiger partial charge >= 0.3 is 3.92 Å². The van der Waals surface area contributed by atoms with Gasteiger partial charge in [0.05, 0.1) is 0 Å². The first kappa shape index (κ1) is 10.7. The van der Waals surface area contributed by atoms with Gasteiger partial charge in [-0.2, -0.15) is 9.49 Å². The van der Waals surface area contributed by atoms with Crippen LogP contribution in [0.1, 0.15) is 5.69 Å². The molecule has 0 fully saturated rings.